The minimum Gasteiger partial charge on any atom is -0.355 e. The van der Waals surface area contributed by atoms with Crippen LogP contribution in [0.5, 0.6) is 0 Å². The molecule has 3 aliphatic heterocycles. The molecule has 0 aliphatic carbocycles. The highest BCUT2D eigenvalue weighted by atomic mass is 16.2. The number of para-hydroxylation sites is 1. The number of aromatic amines is 1. The number of benzene rings is 2. The molecule has 4 heterocycles. The maximum atomic E-state index is 13.7. The molecule has 1 amide bonds. The number of likely N-dealkylation sites (tertiary alicyclic amines) is 1. The van der Waals surface area contributed by atoms with Crippen molar-refractivity contribution in [3.63, 3.8) is 0 Å². The third-order valence-corrected chi connectivity index (χ3v) is 8.12. The minimum absolute atomic E-state index is 0.0346. The van der Waals surface area contributed by atoms with Crippen molar-refractivity contribution >= 4 is 16.8 Å². The number of hydrogen-bond acceptors (Lipinski definition) is 2. The number of rotatable bonds is 3. The molecule has 2 atom stereocenters. The van der Waals surface area contributed by atoms with E-state index in [1.54, 1.807) is 0 Å². The fraction of sp³-hybridized carbons (Fsp3) is 0.423. The van der Waals surface area contributed by atoms with Gasteiger partial charge >= 0.3 is 0 Å². The summed E-state index contributed by atoms with van der Waals surface area (Å²) < 4.78 is 0. The third kappa shape index (κ3) is 2.18. The molecular formula is C26H29N3O. The highest BCUT2D eigenvalue weighted by Crippen LogP contribution is 2.63. The second kappa shape index (κ2) is 6.45. The van der Waals surface area contributed by atoms with Crippen LogP contribution in [-0.2, 0) is 23.4 Å². The van der Waals surface area contributed by atoms with Crippen molar-refractivity contribution in [2.45, 2.75) is 51.2 Å². The standard InChI is InChI=1S/C26H29N3O/c1-2-25-14-8-15-28-16-13-21-20-11-6-7-12-22(20)27-24(21)26(25,28)29(23(30)17-25)18-19-9-4-3-5-10-19/h3-7,9-12,27H,2,8,13-18H2,1H3/t25-,26+/m0/s1. The SMILES string of the molecule is CC[C@@]12CCCN3CCc4c([nH]c5ccccc45)[C@]31N(Cc1ccccc1)C(=O)C2. The van der Waals surface area contributed by atoms with E-state index < -0.39 is 0 Å². The van der Waals surface area contributed by atoms with Gasteiger partial charge in [-0.05, 0) is 42.9 Å². The Balaban J connectivity index is 1.62. The number of carbonyl (C=O) groups is 1. The van der Waals surface area contributed by atoms with E-state index in [1.807, 2.05) is 6.07 Å². The van der Waals surface area contributed by atoms with Gasteiger partial charge in [0.05, 0.1) is 5.69 Å². The van der Waals surface area contributed by atoms with Gasteiger partial charge in [0.1, 0.15) is 5.66 Å². The molecule has 6 rings (SSSR count). The summed E-state index contributed by atoms with van der Waals surface area (Å²) in [4.78, 5) is 22.4. The van der Waals surface area contributed by atoms with Gasteiger partial charge in [0.15, 0.2) is 0 Å². The van der Waals surface area contributed by atoms with Crippen LogP contribution < -0.4 is 0 Å². The van der Waals surface area contributed by atoms with Gasteiger partial charge in [-0.2, -0.15) is 0 Å². The Morgan fingerprint density at radius 2 is 1.83 bits per heavy atom. The van der Waals surface area contributed by atoms with E-state index in [0.29, 0.717) is 18.9 Å². The van der Waals surface area contributed by atoms with Crippen LogP contribution in [0.1, 0.15) is 49.4 Å². The predicted molar refractivity (Wildman–Crippen MR) is 119 cm³/mol. The summed E-state index contributed by atoms with van der Waals surface area (Å²) in [6, 6.07) is 19.2. The minimum atomic E-state index is -0.362. The van der Waals surface area contributed by atoms with E-state index in [2.05, 4.69) is 70.2 Å². The summed E-state index contributed by atoms with van der Waals surface area (Å²) in [5.41, 5.74) is 4.73. The molecule has 4 nitrogen and oxygen atoms in total. The van der Waals surface area contributed by atoms with Crippen molar-refractivity contribution in [2.24, 2.45) is 5.41 Å². The highest BCUT2D eigenvalue weighted by molar-refractivity contribution is 5.88. The topological polar surface area (TPSA) is 39.3 Å². The summed E-state index contributed by atoms with van der Waals surface area (Å²) in [7, 11) is 0. The summed E-state index contributed by atoms with van der Waals surface area (Å²) in [6.45, 7) is 5.05. The van der Waals surface area contributed by atoms with Crippen LogP contribution in [0, 0.1) is 5.41 Å². The number of H-pyrrole nitrogens is 1. The van der Waals surface area contributed by atoms with Gasteiger partial charge in [-0.1, -0.05) is 55.5 Å². The molecule has 2 saturated heterocycles. The molecule has 2 aromatic carbocycles. The second-order valence-corrected chi connectivity index (χ2v) is 9.31. The first-order valence-electron chi connectivity index (χ1n) is 11.4. The van der Waals surface area contributed by atoms with E-state index in [9.17, 15) is 4.79 Å². The summed E-state index contributed by atoms with van der Waals surface area (Å²) >= 11 is 0. The normalized spacial score (nSPS) is 28.4. The highest BCUT2D eigenvalue weighted by Gasteiger charge is 2.68. The summed E-state index contributed by atoms with van der Waals surface area (Å²) in [5, 5.41) is 1.33. The maximum absolute atomic E-state index is 13.7. The first-order chi connectivity index (χ1) is 14.7. The number of piperidine rings is 1. The monoisotopic (exact) mass is 399 g/mol. The van der Waals surface area contributed by atoms with E-state index in [0.717, 1.165) is 32.4 Å². The smallest absolute Gasteiger partial charge is 0.225 e. The molecule has 30 heavy (non-hydrogen) atoms. The zero-order valence-electron chi connectivity index (χ0n) is 17.7. The molecular weight excluding hydrogens is 370 g/mol. The summed E-state index contributed by atoms with van der Waals surface area (Å²) in [6.07, 6.45) is 5.02. The van der Waals surface area contributed by atoms with Gasteiger partial charge < -0.3 is 9.88 Å². The van der Waals surface area contributed by atoms with Crippen molar-refractivity contribution in [3.8, 4) is 0 Å². The second-order valence-electron chi connectivity index (χ2n) is 9.31. The van der Waals surface area contributed by atoms with Gasteiger partial charge in [0, 0.05) is 42.4 Å². The Hall–Kier alpha value is -2.59. The first-order valence-corrected chi connectivity index (χ1v) is 11.4. The fourth-order valence-corrected chi connectivity index (χ4v) is 6.87. The quantitative estimate of drug-likeness (QED) is 0.687. The molecule has 0 bridgehead atoms. The number of nitrogens with zero attached hydrogens (tertiary/aromatic N) is 2. The Morgan fingerprint density at radius 1 is 1.03 bits per heavy atom. The van der Waals surface area contributed by atoms with E-state index in [-0.39, 0.29) is 11.1 Å². The average molecular weight is 400 g/mol. The number of nitrogens with one attached hydrogen (secondary N) is 1. The van der Waals surface area contributed by atoms with Crippen molar-refractivity contribution < 1.29 is 4.79 Å². The van der Waals surface area contributed by atoms with Crippen LogP contribution in [0.25, 0.3) is 10.9 Å². The molecule has 2 fully saturated rings. The molecule has 154 valence electrons. The lowest BCUT2D eigenvalue weighted by molar-refractivity contribution is -0.165. The van der Waals surface area contributed by atoms with Crippen LogP contribution in [0.15, 0.2) is 54.6 Å². The van der Waals surface area contributed by atoms with Gasteiger partial charge in [-0.25, -0.2) is 0 Å². The van der Waals surface area contributed by atoms with Crippen molar-refractivity contribution in [2.75, 3.05) is 13.1 Å². The van der Waals surface area contributed by atoms with E-state index in [1.165, 1.54) is 34.1 Å². The van der Waals surface area contributed by atoms with E-state index in [4.69, 9.17) is 0 Å². The third-order valence-electron chi connectivity index (χ3n) is 8.12. The number of aromatic nitrogens is 1. The average Bonchev–Trinajstić information content (AvgIpc) is 3.28. The summed E-state index contributed by atoms with van der Waals surface area (Å²) in [5.74, 6) is 0.305. The Bertz CT molecular complexity index is 1120. The van der Waals surface area contributed by atoms with Gasteiger partial charge in [0.2, 0.25) is 5.91 Å². The van der Waals surface area contributed by atoms with Crippen LogP contribution in [0.3, 0.4) is 0 Å². The van der Waals surface area contributed by atoms with Crippen molar-refractivity contribution in [3.05, 3.63) is 71.4 Å². The van der Waals surface area contributed by atoms with Crippen LogP contribution in [0.2, 0.25) is 0 Å². The Kier molecular flexibility index (Phi) is 3.91. The molecule has 3 aromatic rings. The van der Waals surface area contributed by atoms with Crippen molar-refractivity contribution in [1.29, 1.82) is 0 Å². The number of amides is 1. The lowest BCUT2D eigenvalue weighted by Gasteiger charge is -2.60. The molecule has 0 radical (unpaired) electrons. The van der Waals surface area contributed by atoms with Gasteiger partial charge in [-0.15, -0.1) is 0 Å². The largest absolute Gasteiger partial charge is 0.355 e. The first kappa shape index (κ1) is 18.2. The molecule has 1 N–H and O–H groups in total. The fourth-order valence-electron chi connectivity index (χ4n) is 6.87. The maximum Gasteiger partial charge on any atom is 0.225 e. The number of carbonyl (C=O) groups excluding carboxylic acids is 1. The molecule has 1 spiro atoms. The van der Waals surface area contributed by atoms with Crippen LogP contribution in [-0.4, -0.2) is 33.8 Å². The van der Waals surface area contributed by atoms with Crippen LogP contribution >= 0.6 is 0 Å². The zero-order chi connectivity index (χ0) is 20.3. The van der Waals surface area contributed by atoms with Crippen LogP contribution in [0.4, 0.5) is 0 Å². The lowest BCUT2D eigenvalue weighted by Crippen LogP contribution is -2.67. The van der Waals surface area contributed by atoms with Gasteiger partial charge in [-0.3, -0.25) is 9.69 Å². The Labute approximate surface area is 177 Å². The predicted octanol–water partition coefficient (Wildman–Crippen LogP) is 4.80. The number of hydrogen-bond donors (Lipinski definition) is 1. The van der Waals surface area contributed by atoms with Gasteiger partial charge in [0.25, 0.3) is 0 Å². The molecule has 0 saturated carbocycles. The molecule has 0 unspecified atom stereocenters. The molecule has 1 aromatic heterocycles. The zero-order valence-corrected chi connectivity index (χ0v) is 17.7. The Morgan fingerprint density at radius 3 is 2.67 bits per heavy atom. The van der Waals surface area contributed by atoms with Crippen molar-refractivity contribution in [1.82, 2.24) is 14.8 Å². The molecule has 3 aliphatic rings. The number of fused-ring (bicyclic) bond motifs is 3. The molecule has 4 heteroatoms. The van der Waals surface area contributed by atoms with E-state index >= 15 is 0 Å². The lowest BCUT2D eigenvalue weighted by atomic mass is 9.63.